The molecule has 19 heavy (non-hydrogen) atoms. The molecule has 1 rings (SSSR count). The van der Waals surface area contributed by atoms with Gasteiger partial charge in [-0.1, -0.05) is 6.92 Å². The van der Waals surface area contributed by atoms with E-state index in [1.165, 1.54) is 19.2 Å². The predicted octanol–water partition coefficient (Wildman–Crippen LogP) is 1.55. The first kappa shape index (κ1) is 16.1. The van der Waals surface area contributed by atoms with Gasteiger partial charge in [-0.2, -0.15) is 11.8 Å². The minimum Gasteiger partial charge on any atom is -0.497 e. The normalized spacial score (nSPS) is 13.2. The summed E-state index contributed by atoms with van der Waals surface area (Å²) >= 11 is 1.69. The van der Waals surface area contributed by atoms with Crippen molar-refractivity contribution in [3.8, 4) is 5.75 Å². The Morgan fingerprint density at radius 1 is 1.47 bits per heavy atom. The molecular formula is C12H20N2O3S2. The number of hydrogen-bond acceptors (Lipinski definition) is 5. The minimum absolute atomic E-state index is 0.0876. The van der Waals surface area contributed by atoms with Gasteiger partial charge in [0.15, 0.2) is 0 Å². The summed E-state index contributed by atoms with van der Waals surface area (Å²) in [6.07, 6.45) is 1.99. The van der Waals surface area contributed by atoms with Crippen molar-refractivity contribution in [2.45, 2.75) is 11.8 Å². The molecule has 0 saturated carbocycles. The van der Waals surface area contributed by atoms with Crippen LogP contribution in [-0.4, -0.2) is 34.1 Å². The van der Waals surface area contributed by atoms with E-state index in [9.17, 15) is 8.42 Å². The van der Waals surface area contributed by atoms with E-state index in [0.29, 0.717) is 12.3 Å². The fraction of sp³-hybridized carbons (Fsp3) is 0.500. The Balaban J connectivity index is 2.83. The van der Waals surface area contributed by atoms with Crippen LogP contribution in [0.5, 0.6) is 5.75 Å². The highest BCUT2D eigenvalue weighted by atomic mass is 32.2. The summed E-state index contributed by atoms with van der Waals surface area (Å²) in [4.78, 5) is 0.0876. The average molecular weight is 304 g/mol. The first-order valence-corrected chi connectivity index (χ1v) is 8.70. The van der Waals surface area contributed by atoms with E-state index in [4.69, 9.17) is 10.5 Å². The van der Waals surface area contributed by atoms with Crippen LogP contribution in [-0.2, 0) is 10.0 Å². The van der Waals surface area contributed by atoms with Gasteiger partial charge in [-0.05, 0) is 30.1 Å². The van der Waals surface area contributed by atoms with E-state index in [-0.39, 0.29) is 16.5 Å². The molecule has 0 aliphatic rings. The number of methoxy groups -OCH3 is 1. The van der Waals surface area contributed by atoms with Crippen LogP contribution in [0.4, 0.5) is 5.69 Å². The van der Waals surface area contributed by atoms with Gasteiger partial charge in [-0.15, -0.1) is 0 Å². The zero-order valence-corrected chi connectivity index (χ0v) is 13.0. The molecule has 7 heteroatoms. The summed E-state index contributed by atoms with van der Waals surface area (Å²) in [5.74, 6) is 1.71. The molecular weight excluding hydrogens is 284 g/mol. The van der Waals surface area contributed by atoms with E-state index in [1.807, 2.05) is 13.2 Å². The summed E-state index contributed by atoms with van der Waals surface area (Å²) in [5, 5.41) is 0. The Hall–Kier alpha value is -0.920. The van der Waals surface area contributed by atoms with Gasteiger partial charge in [0.25, 0.3) is 0 Å². The van der Waals surface area contributed by atoms with Crippen LogP contribution in [0.15, 0.2) is 23.1 Å². The quantitative estimate of drug-likeness (QED) is 0.747. The number of rotatable bonds is 7. The second-order valence-electron chi connectivity index (χ2n) is 4.32. The number of thioether (sulfide) groups is 1. The molecule has 0 fully saturated rings. The highest BCUT2D eigenvalue weighted by Gasteiger charge is 2.18. The topological polar surface area (TPSA) is 81.4 Å². The number of anilines is 1. The zero-order chi connectivity index (χ0) is 14.5. The van der Waals surface area contributed by atoms with E-state index >= 15 is 0 Å². The maximum absolute atomic E-state index is 12.1. The molecule has 3 N–H and O–H groups in total. The summed E-state index contributed by atoms with van der Waals surface area (Å²) in [6.45, 7) is 2.39. The van der Waals surface area contributed by atoms with Crippen molar-refractivity contribution in [3.05, 3.63) is 18.2 Å². The van der Waals surface area contributed by atoms with Crippen molar-refractivity contribution in [2.24, 2.45) is 5.92 Å². The van der Waals surface area contributed by atoms with Crippen LogP contribution in [0, 0.1) is 5.92 Å². The van der Waals surface area contributed by atoms with Crippen molar-refractivity contribution in [1.82, 2.24) is 4.72 Å². The molecule has 0 aliphatic carbocycles. The van der Waals surface area contributed by atoms with E-state index < -0.39 is 10.0 Å². The SMILES string of the molecule is COc1ccc(S(=O)(=O)NCC(C)CSC)c(N)c1. The fourth-order valence-corrected chi connectivity index (χ4v) is 3.53. The highest BCUT2D eigenvalue weighted by molar-refractivity contribution is 7.98. The lowest BCUT2D eigenvalue weighted by Gasteiger charge is -2.13. The van der Waals surface area contributed by atoms with Crippen LogP contribution >= 0.6 is 11.8 Å². The molecule has 1 aromatic rings. The monoisotopic (exact) mass is 304 g/mol. The van der Waals surface area contributed by atoms with Crippen LogP contribution in [0.3, 0.4) is 0 Å². The maximum atomic E-state index is 12.1. The first-order valence-electron chi connectivity index (χ1n) is 5.82. The van der Waals surface area contributed by atoms with Crippen molar-refractivity contribution in [2.75, 3.05) is 31.4 Å². The Morgan fingerprint density at radius 2 is 2.16 bits per heavy atom. The zero-order valence-electron chi connectivity index (χ0n) is 11.3. The molecule has 108 valence electrons. The Bertz CT molecular complexity index is 518. The minimum atomic E-state index is -3.57. The van der Waals surface area contributed by atoms with Crippen molar-refractivity contribution >= 4 is 27.5 Å². The fourth-order valence-electron chi connectivity index (χ4n) is 1.57. The molecule has 0 bridgehead atoms. The second kappa shape index (κ2) is 7.02. The van der Waals surface area contributed by atoms with E-state index in [1.54, 1.807) is 17.8 Å². The molecule has 1 atom stereocenters. The number of sulfonamides is 1. The van der Waals surface area contributed by atoms with E-state index in [2.05, 4.69) is 4.72 Å². The molecule has 1 unspecified atom stereocenters. The highest BCUT2D eigenvalue weighted by Crippen LogP contribution is 2.23. The number of benzene rings is 1. The third-order valence-electron chi connectivity index (χ3n) is 2.58. The van der Waals surface area contributed by atoms with Gasteiger partial charge in [0.1, 0.15) is 10.6 Å². The lowest BCUT2D eigenvalue weighted by molar-refractivity contribution is 0.414. The van der Waals surface area contributed by atoms with Gasteiger partial charge >= 0.3 is 0 Å². The molecule has 0 saturated heterocycles. The molecule has 0 heterocycles. The molecule has 0 aromatic heterocycles. The number of ether oxygens (including phenoxy) is 1. The number of nitrogen functional groups attached to an aromatic ring is 1. The average Bonchev–Trinajstić information content (AvgIpc) is 2.36. The van der Waals surface area contributed by atoms with Crippen molar-refractivity contribution < 1.29 is 13.2 Å². The van der Waals surface area contributed by atoms with Gasteiger partial charge in [0.2, 0.25) is 10.0 Å². The smallest absolute Gasteiger partial charge is 0.242 e. The van der Waals surface area contributed by atoms with Crippen LogP contribution in [0.1, 0.15) is 6.92 Å². The van der Waals surface area contributed by atoms with E-state index in [0.717, 1.165) is 5.75 Å². The van der Waals surface area contributed by atoms with Gasteiger partial charge in [0.05, 0.1) is 12.8 Å². The lowest BCUT2D eigenvalue weighted by Crippen LogP contribution is -2.29. The predicted molar refractivity (Wildman–Crippen MR) is 80.1 cm³/mol. The Morgan fingerprint density at radius 3 is 2.68 bits per heavy atom. The number of nitrogens with two attached hydrogens (primary N) is 1. The third-order valence-corrected chi connectivity index (χ3v) is 4.98. The Labute approximate surface area is 119 Å². The third kappa shape index (κ3) is 4.59. The Kier molecular flexibility index (Phi) is 5.96. The lowest BCUT2D eigenvalue weighted by atomic mass is 10.2. The van der Waals surface area contributed by atoms with Crippen molar-refractivity contribution in [3.63, 3.8) is 0 Å². The first-order chi connectivity index (χ1) is 8.90. The van der Waals surface area contributed by atoms with Crippen molar-refractivity contribution in [1.29, 1.82) is 0 Å². The largest absolute Gasteiger partial charge is 0.497 e. The standard InChI is InChI=1S/C12H20N2O3S2/c1-9(8-18-3)7-14-19(15,16)12-5-4-10(17-2)6-11(12)13/h4-6,9,14H,7-8,13H2,1-3H3. The molecule has 0 spiro atoms. The van der Waals surface area contributed by atoms with Gasteiger partial charge in [-0.3, -0.25) is 0 Å². The summed E-state index contributed by atoms with van der Waals surface area (Å²) in [5.41, 5.74) is 5.93. The molecule has 0 aliphatic heterocycles. The number of hydrogen-bond donors (Lipinski definition) is 2. The molecule has 5 nitrogen and oxygen atoms in total. The van der Waals surface area contributed by atoms with Crippen LogP contribution < -0.4 is 15.2 Å². The van der Waals surface area contributed by atoms with Crippen LogP contribution in [0.2, 0.25) is 0 Å². The summed E-state index contributed by atoms with van der Waals surface area (Å²) in [7, 11) is -2.06. The van der Waals surface area contributed by atoms with Crippen LogP contribution in [0.25, 0.3) is 0 Å². The summed E-state index contributed by atoms with van der Waals surface area (Å²) in [6, 6.07) is 4.53. The van der Waals surface area contributed by atoms with Gasteiger partial charge < -0.3 is 10.5 Å². The maximum Gasteiger partial charge on any atom is 0.242 e. The second-order valence-corrected chi connectivity index (χ2v) is 6.96. The number of nitrogens with one attached hydrogen (secondary N) is 1. The van der Waals surface area contributed by atoms with Gasteiger partial charge in [-0.25, -0.2) is 13.1 Å². The molecule has 0 amide bonds. The summed E-state index contributed by atoms with van der Waals surface area (Å²) < 4.78 is 31.8. The molecule has 0 radical (unpaired) electrons. The van der Waals surface area contributed by atoms with Gasteiger partial charge in [0, 0.05) is 12.6 Å². The molecule has 1 aromatic carbocycles.